The van der Waals surface area contributed by atoms with E-state index in [1.807, 2.05) is 6.07 Å². The van der Waals surface area contributed by atoms with Gasteiger partial charge in [-0.2, -0.15) is 13.2 Å². The molecule has 0 aliphatic rings. The lowest BCUT2D eigenvalue weighted by atomic mass is 10.2. The van der Waals surface area contributed by atoms with Gasteiger partial charge in [0.25, 0.3) is 0 Å². The molecule has 15 heavy (non-hydrogen) atoms. The van der Waals surface area contributed by atoms with Crippen LogP contribution in [-0.2, 0) is 6.54 Å². The van der Waals surface area contributed by atoms with Gasteiger partial charge in [0.2, 0.25) is 0 Å². The van der Waals surface area contributed by atoms with Gasteiger partial charge in [-0.25, -0.2) is 4.90 Å². The Hall–Kier alpha value is -0.300. The molecule has 5 heteroatoms. The lowest BCUT2D eigenvalue weighted by Gasteiger charge is -2.23. The van der Waals surface area contributed by atoms with Crippen molar-refractivity contribution >= 4 is 22.6 Å². The van der Waals surface area contributed by atoms with Gasteiger partial charge in [-0.05, 0) is 40.3 Å². The minimum atomic E-state index is -4.25. The summed E-state index contributed by atoms with van der Waals surface area (Å²) in [5, 5.41) is 0. The highest BCUT2D eigenvalue weighted by Crippen LogP contribution is 2.23. The molecule has 0 heterocycles. The van der Waals surface area contributed by atoms with Gasteiger partial charge in [0.15, 0.2) is 0 Å². The van der Waals surface area contributed by atoms with E-state index in [1.165, 1.54) is 6.92 Å². The van der Waals surface area contributed by atoms with Crippen LogP contribution >= 0.6 is 22.6 Å². The minimum Gasteiger partial charge on any atom is -0.210 e. The van der Waals surface area contributed by atoms with E-state index in [1.54, 1.807) is 18.2 Å². The molecule has 0 aliphatic carbocycles. The number of nitrogens with zero attached hydrogens (tertiary/aromatic N) is 1. The number of hydrogen-bond acceptors (Lipinski definition) is 1. The second kappa shape index (κ2) is 5.16. The molecule has 0 saturated heterocycles. The summed E-state index contributed by atoms with van der Waals surface area (Å²) in [5.74, 6) is 0. The van der Waals surface area contributed by atoms with Gasteiger partial charge < -0.3 is 0 Å². The van der Waals surface area contributed by atoms with Crippen molar-refractivity contribution in [3.8, 4) is 0 Å². The molecule has 0 amide bonds. The summed E-state index contributed by atoms with van der Waals surface area (Å²) in [5.41, 5.74) is 0.682. The topological polar surface area (TPSA) is 3.24 Å². The van der Waals surface area contributed by atoms with Crippen LogP contribution < -0.4 is 0 Å². The molecule has 0 N–H and O–H groups in total. The molecule has 1 aromatic rings. The fourth-order valence-electron chi connectivity index (χ4n) is 1.24. The Balaban J connectivity index is 2.76. The molecule has 1 nitrogen and oxygen atoms in total. The lowest BCUT2D eigenvalue weighted by Crippen LogP contribution is -2.37. The highest BCUT2D eigenvalue weighted by molar-refractivity contribution is 14.1. The lowest BCUT2D eigenvalue weighted by molar-refractivity contribution is -0.247. The Morgan fingerprint density at radius 3 is 2.47 bits per heavy atom. The fraction of sp³-hybridized carbons (Fsp3) is 0.400. The number of hydrogen-bond donors (Lipinski definition) is 0. The van der Waals surface area contributed by atoms with E-state index in [4.69, 9.17) is 0 Å². The van der Waals surface area contributed by atoms with Crippen LogP contribution in [0.25, 0.3) is 0 Å². The van der Waals surface area contributed by atoms with Gasteiger partial charge in [0.1, 0.15) is 0 Å². The predicted molar refractivity (Wildman–Crippen MR) is 61.3 cm³/mol. The van der Waals surface area contributed by atoms with E-state index < -0.39 is 6.30 Å². The van der Waals surface area contributed by atoms with Gasteiger partial charge >= 0.3 is 6.30 Å². The first kappa shape index (κ1) is 12.8. The first-order valence-corrected chi connectivity index (χ1v) is 5.57. The summed E-state index contributed by atoms with van der Waals surface area (Å²) in [7, 11) is 0. The number of halogens is 4. The number of alkyl halides is 3. The van der Waals surface area contributed by atoms with Crippen molar-refractivity contribution in [1.82, 2.24) is 4.90 Å². The van der Waals surface area contributed by atoms with Crippen LogP contribution in [0, 0.1) is 3.57 Å². The molecular weight excluding hydrogens is 318 g/mol. The Labute approximate surface area is 100 Å². The van der Waals surface area contributed by atoms with Gasteiger partial charge in [0.05, 0.1) is 0 Å². The zero-order chi connectivity index (χ0) is 11.5. The van der Waals surface area contributed by atoms with E-state index in [9.17, 15) is 13.2 Å². The average Bonchev–Trinajstić information content (AvgIpc) is 2.12. The van der Waals surface area contributed by atoms with E-state index in [-0.39, 0.29) is 13.1 Å². The molecule has 0 fully saturated rings. The average molecular weight is 329 g/mol. The summed E-state index contributed by atoms with van der Waals surface area (Å²) in [6, 6.07) is 7.08. The summed E-state index contributed by atoms with van der Waals surface area (Å²) in [6.07, 6.45) is -4.25. The van der Waals surface area contributed by atoms with Crippen LogP contribution in [-0.4, -0.2) is 17.7 Å². The third kappa shape index (κ3) is 3.98. The number of rotatable bonds is 3. The molecular formula is C10H11F3IN. The normalized spacial score (nSPS) is 12.1. The maximum absolute atomic E-state index is 12.4. The maximum atomic E-state index is 12.4. The number of benzene rings is 1. The van der Waals surface area contributed by atoms with Crippen molar-refractivity contribution in [1.29, 1.82) is 0 Å². The van der Waals surface area contributed by atoms with Crippen molar-refractivity contribution in [2.45, 2.75) is 19.8 Å². The van der Waals surface area contributed by atoms with E-state index in [2.05, 4.69) is 22.6 Å². The largest absolute Gasteiger partial charge is 0.460 e. The first-order chi connectivity index (χ1) is 6.93. The van der Waals surface area contributed by atoms with E-state index in [0.29, 0.717) is 10.5 Å². The monoisotopic (exact) mass is 329 g/mol. The van der Waals surface area contributed by atoms with E-state index >= 15 is 0 Å². The van der Waals surface area contributed by atoms with Crippen LogP contribution in [0.5, 0.6) is 0 Å². The highest BCUT2D eigenvalue weighted by Gasteiger charge is 2.35. The molecule has 0 spiro atoms. The Morgan fingerprint density at radius 1 is 1.33 bits per heavy atom. The molecule has 0 aliphatic heterocycles. The van der Waals surface area contributed by atoms with Crippen LogP contribution in [0.3, 0.4) is 0 Å². The van der Waals surface area contributed by atoms with Gasteiger partial charge in [-0.3, -0.25) is 0 Å². The van der Waals surface area contributed by atoms with Gasteiger partial charge in [-0.15, -0.1) is 0 Å². The van der Waals surface area contributed by atoms with Crippen LogP contribution in [0.4, 0.5) is 13.2 Å². The molecule has 0 unspecified atom stereocenters. The molecule has 0 saturated carbocycles. The predicted octanol–water partition coefficient (Wildman–Crippen LogP) is 3.63. The van der Waals surface area contributed by atoms with Gasteiger partial charge in [0, 0.05) is 16.7 Å². The molecule has 0 atom stereocenters. The van der Waals surface area contributed by atoms with Crippen molar-refractivity contribution in [3.63, 3.8) is 0 Å². The Morgan fingerprint density at radius 2 is 2.00 bits per heavy atom. The summed E-state index contributed by atoms with van der Waals surface area (Å²) < 4.78 is 38.2. The van der Waals surface area contributed by atoms with Gasteiger partial charge in [-0.1, -0.05) is 19.1 Å². The first-order valence-electron chi connectivity index (χ1n) is 4.49. The quantitative estimate of drug-likeness (QED) is 0.605. The molecule has 1 aromatic carbocycles. The summed E-state index contributed by atoms with van der Waals surface area (Å²) in [6.45, 7) is 1.38. The Bertz CT molecular complexity index is 325. The zero-order valence-corrected chi connectivity index (χ0v) is 10.3. The molecule has 1 rings (SSSR count). The minimum absolute atomic E-state index is 0.0328. The van der Waals surface area contributed by atoms with Crippen LogP contribution in [0.2, 0.25) is 0 Å². The molecule has 84 valence electrons. The third-order valence-corrected chi connectivity index (χ3v) is 2.67. The standard InChI is InChI=1S/C10H11F3IN/c1-2-15(10(11,12)13)7-8-4-3-5-9(14)6-8/h3-6H,2,7H2,1H3. The molecule has 0 radical (unpaired) electrons. The van der Waals surface area contributed by atoms with Crippen molar-refractivity contribution in [2.24, 2.45) is 0 Å². The SMILES string of the molecule is CCN(Cc1cccc(I)c1)C(F)(F)F. The fourth-order valence-corrected chi connectivity index (χ4v) is 1.84. The zero-order valence-electron chi connectivity index (χ0n) is 8.18. The molecule has 0 bridgehead atoms. The Kier molecular flexibility index (Phi) is 4.39. The van der Waals surface area contributed by atoms with Crippen molar-refractivity contribution in [2.75, 3.05) is 6.54 Å². The van der Waals surface area contributed by atoms with Crippen LogP contribution in [0.15, 0.2) is 24.3 Å². The van der Waals surface area contributed by atoms with E-state index in [0.717, 1.165) is 3.57 Å². The molecule has 0 aromatic heterocycles. The van der Waals surface area contributed by atoms with Crippen molar-refractivity contribution < 1.29 is 13.2 Å². The van der Waals surface area contributed by atoms with Crippen molar-refractivity contribution in [3.05, 3.63) is 33.4 Å². The third-order valence-electron chi connectivity index (χ3n) is 2.00. The summed E-state index contributed by atoms with van der Waals surface area (Å²) in [4.78, 5) is 0.485. The maximum Gasteiger partial charge on any atom is 0.460 e. The highest BCUT2D eigenvalue weighted by atomic mass is 127. The smallest absolute Gasteiger partial charge is 0.210 e. The second-order valence-corrected chi connectivity index (χ2v) is 4.36. The second-order valence-electron chi connectivity index (χ2n) is 3.11. The van der Waals surface area contributed by atoms with Crippen LogP contribution in [0.1, 0.15) is 12.5 Å². The summed E-state index contributed by atoms with van der Waals surface area (Å²) >= 11 is 2.09.